The third kappa shape index (κ3) is 3.29. The van der Waals surface area contributed by atoms with Crippen molar-refractivity contribution in [3.8, 4) is 0 Å². The summed E-state index contributed by atoms with van der Waals surface area (Å²) in [6, 6.07) is 9.83. The third-order valence-corrected chi connectivity index (χ3v) is 4.17. The molecule has 1 saturated carbocycles. The van der Waals surface area contributed by atoms with Crippen molar-refractivity contribution in [3.63, 3.8) is 0 Å². The van der Waals surface area contributed by atoms with Crippen molar-refractivity contribution >= 4 is 5.84 Å². The van der Waals surface area contributed by atoms with E-state index in [9.17, 15) is 0 Å². The molecule has 0 aliphatic heterocycles. The predicted molar refractivity (Wildman–Crippen MR) is 79.1 cm³/mol. The quantitative estimate of drug-likeness (QED) is 0.306. The molecule has 0 aromatic heterocycles. The van der Waals surface area contributed by atoms with Gasteiger partial charge in [-0.3, -0.25) is 0 Å². The molecule has 1 fully saturated rings. The SMILES string of the molecule is COC1(CNCC(/C(N)=N/O)c2ccccc2)CCC1. The van der Waals surface area contributed by atoms with Crippen LogP contribution >= 0.6 is 0 Å². The second kappa shape index (κ2) is 6.72. The number of benzene rings is 1. The first-order valence-electron chi connectivity index (χ1n) is 6.99. The van der Waals surface area contributed by atoms with Crippen molar-refractivity contribution in [1.29, 1.82) is 0 Å². The van der Waals surface area contributed by atoms with Gasteiger partial charge in [0.25, 0.3) is 0 Å². The molecule has 5 nitrogen and oxygen atoms in total. The standard InChI is InChI=1S/C15H23N3O2/c1-20-15(8-5-9-15)11-17-10-13(14(16)18-19)12-6-3-2-4-7-12/h2-4,6-7,13,17,19H,5,8-11H2,1H3,(H2,16,18). The molecule has 0 saturated heterocycles. The highest BCUT2D eigenvalue weighted by molar-refractivity contribution is 5.87. The minimum Gasteiger partial charge on any atom is -0.409 e. The van der Waals surface area contributed by atoms with Gasteiger partial charge in [0, 0.05) is 20.2 Å². The van der Waals surface area contributed by atoms with E-state index in [1.54, 1.807) is 7.11 Å². The lowest BCUT2D eigenvalue weighted by molar-refractivity contribution is -0.0692. The fourth-order valence-corrected chi connectivity index (χ4v) is 2.62. The molecule has 0 amide bonds. The van der Waals surface area contributed by atoms with Crippen LogP contribution in [0.5, 0.6) is 0 Å². The molecule has 1 aliphatic carbocycles. The number of nitrogens with one attached hydrogen (secondary N) is 1. The lowest BCUT2D eigenvalue weighted by Gasteiger charge is -2.41. The van der Waals surface area contributed by atoms with Gasteiger partial charge in [0.05, 0.1) is 11.5 Å². The first-order valence-corrected chi connectivity index (χ1v) is 6.99. The largest absolute Gasteiger partial charge is 0.409 e. The Bertz CT molecular complexity index is 438. The Morgan fingerprint density at radius 2 is 2.15 bits per heavy atom. The lowest BCUT2D eigenvalue weighted by atomic mass is 9.80. The van der Waals surface area contributed by atoms with E-state index in [2.05, 4.69) is 10.5 Å². The maximum Gasteiger partial charge on any atom is 0.147 e. The maximum absolute atomic E-state index is 8.94. The Kier molecular flexibility index (Phi) is 4.98. The van der Waals surface area contributed by atoms with Crippen LogP contribution in [0.15, 0.2) is 35.5 Å². The van der Waals surface area contributed by atoms with Gasteiger partial charge in [-0.15, -0.1) is 0 Å². The number of nitrogens with two attached hydrogens (primary N) is 1. The van der Waals surface area contributed by atoms with E-state index in [-0.39, 0.29) is 17.4 Å². The highest BCUT2D eigenvalue weighted by Gasteiger charge is 2.36. The van der Waals surface area contributed by atoms with Crippen LogP contribution < -0.4 is 11.1 Å². The number of methoxy groups -OCH3 is 1. The second-order valence-corrected chi connectivity index (χ2v) is 5.36. The molecule has 0 heterocycles. The minimum atomic E-state index is -0.129. The van der Waals surface area contributed by atoms with Crippen LogP contribution in [-0.2, 0) is 4.74 Å². The number of hydrogen-bond acceptors (Lipinski definition) is 4. The van der Waals surface area contributed by atoms with E-state index < -0.39 is 0 Å². The van der Waals surface area contributed by atoms with Gasteiger partial charge < -0.3 is 21.0 Å². The number of rotatable bonds is 7. The molecule has 20 heavy (non-hydrogen) atoms. The molecule has 5 heteroatoms. The normalized spacial score (nSPS) is 19.4. The smallest absolute Gasteiger partial charge is 0.147 e. The molecule has 110 valence electrons. The Morgan fingerprint density at radius 1 is 1.45 bits per heavy atom. The van der Waals surface area contributed by atoms with Crippen molar-refractivity contribution in [2.45, 2.75) is 30.8 Å². The fraction of sp³-hybridized carbons (Fsp3) is 0.533. The van der Waals surface area contributed by atoms with Crippen LogP contribution in [0.2, 0.25) is 0 Å². The average Bonchev–Trinajstić information content (AvgIpc) is 2.46. The van der Waals surface area contributed by atoms with Gasteiger partial charge in [-0.1, -0.05) is 35.5 Å². The third-order valence-electron chi connectivity index (χ3n) is 4.17. The van der Waals surface area contributed by atoms with Gasteiger partial charge in [0.15, 0.2) is 0 Å². The molecule has 1 aromatic rings. The average molecular weight is 277 g/mol. The number of amidine groups is 1. The maximum atomic E-state index is 8.94. The number of oxime groups is 1. The molecule has 0 spiro atoms. The van der Waals surface area contributed by atoms with Gasteiger partial charge in [-0.25, -0.2) is 0 Å². The van der Waals surface area contributed by atoms with E-state index >= 15 is 0 Å². The molecule has 1 atom stereocenters. The van der Waals surface area contributed by atoms with E-state index in [0.29, 0.717) is 6.54 Å². The van der Waals surface area contributed by atoms with Gasteiger partial charge >= 0.3 is 0 Å². The molecule has 2 rings (SSSR count). The highest BCUT2D eigenvalue weighted by Crippen LogP contribution is 2.34. The van der Waals surface area contributed by atoms with Gasteiger partial charge in [-0.2, -0.15) is 0 Å². The summed E-state index contributed by atoms with van der Waals surface area (Å²) in [5.41, 5.74) is 6.82. The molecule has 0 radical (unpaired) electrons. The molecular weight excluding hydrogens is 254 g/mol. The van der Waals surface area contributed by atoms with E-state index in [0.717, 1.165) is 24.9 Å². The summed E-state index contributed by atoms with van der Waals surface area (Å²) in [5.74, 6) is 0.0963. The van der Waals surface area contributed by atoms with Crippen molar-refractivity contribution in [3.05, 3.63) is 35.9 Å². The molecule has 1 aromatic carbocycles. The van der Waals surface area contributed by atoms with Crippen molar-refractivity contribution in [2.24, 2.45) is 10.9 Å². The van der Waals surface area contributed by atoms with Crippen molar-refractivity contribution in [1.82, 2.24) is 5.32 Å². The fourth-order valence-electron chi connectivity index (χ4n) is 2.62. The molecule has 0 bridgehead atoms. The van der Waals surface area contributed by atoms with Crippen molar-refractivity contribution < 1.29 is 9.94 Å². The Hall–Kier alpha value is -1.59. The van der Waals surface area contributed by atoms with Crippen LogP contribution in [0.4, 0.5) is 0 Å². The highest BCUT2D eigenvalue weighted by atomic mass is 16.5. The zero-order valence-corrected chi connectivity index (χ0v) is 11.9. The van der Waals surface area contributed by atoms with Gasteiger partial charge in [0.1, 0.15) is 5.84 Å². The minimum absolute atomic E-state index is 0.0215. The topological polar surface area (TPSA) is 79.9 Å². The summed E-state index contributed by atoms with van der Waals surface area (Å²) in [6.45, 7) is 1.43. The molecular formula is C15H23N3O2. The van der Waals surface area contributed by atoms with Gasteiger partial charge in [0.2, 0.25) is 0 Å². The Morgan fingerprint density at radius 3 is 2.65 bits per heavy atom. The summed E-state index contributed by atoms with van der Waals surface area (Å²) in [5, 5.41) is 15.5. The summed E-state index contributed by atoms with van der Waals surface area (Å²) in [4.78, 5) is 0. The van der Waals surface area contributed by atoms with Crippen LogP contribution in [0, 0.1) is 0 Å². The van der Waals surface area contributed by atoms with Crippen LogP contribution in [0.25, 0.3) is 0 Å². The first kappa shape index (κ1) is 14.8. The Labute approximate surface area is 119 Å². The molecule has 1 unspecified atom stereocenters. The summed E-state index contributed by atoms with van der Waals surface area (Å²) in [7, 11) is 1.76. The summed E-state index contributed by atoms with van der Waals surface area (Å²) >= 11 is 0. The van der Waals surface area contributed by atoms with E-state index in [4.69, 9.17) is 15.7 Å². The van der Waals surface area contributed by atoms with Crippen LogP contribution in [-0.4, -0.2) is 36.8 Å². The van der Waals surface area contributed by atoms with Crippen LogP contribution in [0.1, 0.15) is 30.7 Å². The van der Waals surface area contributed by atoms with E-state index in [1.807, 2.05) is 30.3 Å². The zero-order chi connectivity index (χ0) is 14.4. The first-order chi connectivity index (χ1) is 9.71. The number of hydrogen-bond donors (Lipinski definition) is 3. The number of ether oxygens (including phenoxy) is 1. The van der Waals surface area contributed by atoms with Crippen LogP contribution in [0.3, 0.4) is 0 Å². The lowest BCUT2D eigenvalue weighted by Crippen LogP contribution is -2.49. The second-order valence-electron chi connectivity index (χ2n) is 5.36. The van der Waals surface area contributed by atoms with Crippen molar-refractivity contribution in [2.75, 3.05) is 20.2 Å². The summed E-state index contributed by atoms with van der Waals surface area (Å²) in [6.07, 6.45) is 3.41. The van der Waals surface area contributed by atoms with E-state index in [1.165, 1.54) is 6.42 Å². The molecule has 1 aliphatic rings. The summed E-state index contributed by atoms with van der Waals surface area (Å²) < 4.78 is 5.57. The molecule has 4 N–H and O–H groups in total. The number of nitrogens with zero attached hydrogens (tertiary/aromatic N) is 1. The monoisotopic (exact) mass is 277 g/mol. The Balaban J connectivity index is 1.95. The zero-order valence-electron chi connectivity index (χ0n) is 11.9. The predicted octanol–water partition coefficient (Wildman–Crippen LogP) is 1.68. The van der Waals surface area contributed by atoms with Gasteiger partial charge in [-0.05, 0) is 24.8 Å².